The number of aryl methyl sites for hydroxylation is 1. The van der Waals surface area contributed by atoms with Crippen LogP contribution >= 0.6 is 0 Å². The van der Waals surface area contributed by atoms with Crippen LogP contribution in [0.25, 0.3) is 0 Å². The maximum atomic E-state index is 11.7. The summed E-state index contributed by atoms with van der Waals surface area (Å²) in [6.07, 6.45) is 6.82. The molecule has 0 unspecified atom stereocenters. The van der Waals surface area contributed by atoms with E-state index in [9.17, 15) is 4.79 Å². The van der Waals surface area contributed by atoms with E-state index in [4.69, 9.17) is 6.42 Å². The lowest BCUT2D eigenvalue weighted by atomic mass is 10.2. The Morgan fingerprint density at radius 1 is 1.53 bits per heavy atom. The number of rotatable bonds is 2. The van der Waals surface area contributed by atoms with E-state index >= 15 is 0 Å². The second-order valence-electron chi connectivity index (χ2n) is 3.46. The predicted molar refractivity (Wildman–Crippen MR) is 63.3 cm³/mol. The standard InChI is InChI=1S/C12H10N4O/c1-3-9-5-4-6-10(7-9)13-12(17)11-8-16(2)15-14-11/h1,4-8H,2H3,(H,13,17). The SMILES string of the molecule is C#Cc1cccc(NC(=O)c2cn(C)nn2)c1. The molecule has 84 valence electrons. The first kappa shape index (κ1) is 10.9. The minimum Gasteiger partial charge on any atom is -0.321 e. The van der Waals surface area contributed by atoms with Crippen LogP contribution in [0.4, 0.5) is 5.69 Å². The van der Waals surface area contributed by atoms with Gasteiger partial charge in [-0.15, -0.1) is 11.5 Å². The van der Waals surface area contributed by atoms with E-state index < -0.39 is 0 Å². The zero-order chi connectivity index (χ0) is 12.3. The zero-order valence-electron chi connectivity index (χ0n) is 9.21. The fourth-order valence-corrected chi connectivity index (χ4v) is 1.33. The van der Waals surface area contributed by atoms with Crippen molar-refractivity contribution in [1.29, 1.82) is 0 Å². The Balaban J connectivity index is 2.16. The van der Waals surface area contributed by atoms with Crippen molar-refractivity contribution in [3.05, 3.63) is 41.7 Å². The highest BCUT2D eigenvalue weighted by molar-refractivity contribution is 6.02. The van der Waals surface area contributed by atoms with E-state index in [1.54, 1.807) is 37.5 Å². The largest absolute Gasteiger partial charge is 0.321 e. The summed E-state index contributed by atoms with van der Waals surface area (Å²) >= 11 is 0. The highest BCUT2D eigenvalue weighted by Gasteiger charge is 2.09. The lowest BCUT2D eigenvalue weighted by molar-refractivity contribution is 0.102. The number of nitrogens with one attached hydrogen (secondary N) is 1. The fourth-order valence-electron chi connectivity index (χ4n) is 1.33. The van der Waals surface area contributed by atoms with Crippen LogP contribution in [0.1, 0.15) is 16.1 Å². The van der Waals surface area contributed by atoms with Crippen molar-refractivity contribution in [2.75, 3.05) is 5.32 Å². The molecule has 2 rings (SSSR count). The number of aromatic nitrogens is 3. The van der Waals surface area contributed by atoms with Gasteiger partial charge in [0.2, 0.25) is 0 Å². The summed E-state index contributed by atoms with van der Waals surface area (Å²) in [4.78, 5) is 11.7. The first-order valence-electron chi connectivity index (χ1n) is 4.93. The number of nitrogens with zero attached hydrogens (tertiary/aromatic N) is 3. The molecule has 0 spiro atoms. The van der Waals surface area contributed by atoms with Gasteiger partial charge in [-0.1, -0.05) is 17.2 Å². The summed E-state index contributed by atoms with van der Waals surface area (Å²) in [5.41, 5.74) is 1.61. The second-order valence-corrected chi connectivity index (χ2v) is 3.46. The van der Waals surface area contributed by atoms with Gasteiger partial charge in [-0.25, -0.2) is 0 Å². The van der Waals surface area contributed by atoms with Crippen LogP contribution in [0.3, 0.4) is 0 Å². The van der Waals surface area contributed by atoms with Crippen molar-refractivity contribution < 1.29 is 4.79 Å². The first-order valence-corrected chi connectivity index (χ1v) is 4.93. The maximum Gasteiger partial charge on any atom is 0.277 e. The summed E-state index contributed by atoms with van der Waals surface area (Å²) in [7, 11) is 1.70. The molecule has 0 fully saturated rings. The first-order chi connectivity index (χ1) is 8.19. The topological polar surface area (TPSA) is 59.8 Å². The number of hydrogen-bond acceptors (Lipinski definition) is 3. The van der Waals surface area contributed by atoms with Crippen LogP contribution in [0.5, 0.6) is 0 Å². The minimum atomic E-state index is -0.313. The summed E-state index contributed by atoms with van der Waals surface area (Å²) in [5.74, 6) is 2.19. The Bertz CT molecular complexity index is 595. The molecule has 5 nitrogen and oxygen atoms in total. The van der Waals surface area contributed by atoms with Gasteiger partial charge < -0.3 is 5.32 Å². The average Bonchev–Trinajstić information content (AvgIpc) is 2.76. The molecule has 0 saturated carbocycles. The molecule has 1 heterocycles. The number of terminal acetylenes is 1. The average molecular weight is 226 g/mol. The quantitative estimate of drug-likeness (QED) is 0.778. The molecule has 0 atom stereocenters. The molecule has 0 aliphatic rings. The Labute approximate surface area is 98.5 Å². The number of benzene rings is 1. The van der Waals surface area contributed by atoms with Crippen LogP contribution < -0.4 is 5.32 Å². The third-order valence-corrected chi connectivity index (χ3v) is 2.12. The molecule has 0 aliphatic carbocycles. The highest BCUT2D eigenvalue weighted by atomic mass is 16.2. The number of amides is 1. The maximum absolute atomic E-state index is 11.7. The second kappa shape index (κ2) is 4.49. The highest BCUT2D eigenvalue weighted by Crippen LogP contribution is 2.10. The molecule has 0 radical (unpaired) electrons. The van der Waals surface area contributed by atoms with E-state index in [1.165, 1.54) is 4.68 Å². The number of hydrogen-bond donors (Lipinski definition) is 1. The van der Waals surface area contributed by atoms with Crippen molar-refractivity contribution in [3.63, 3.8) is 0 Å². The van der Waals surface area contributed by atoms with Crippen molar-refractivity contribution in [3.8, 4) is 12.3 Å². The van der Waals surface area contributed by atoms with E-state index in [0.29, 0.717) is 11.3 Å². The molecule has 0 aliphatic heterocycles. The van der Waals surface area contributed by atoms with Gasteiger partial charge in [0, 0.05) is 18.3 Å². The number of anilines is 1. The van der Waals surface area contributed by atoms with E-state index in [0.717, 1.165) is 0 Å². The summed E-state index contributed by atoms with van der Waals surface area (Å²) in [6.45, 7) is 0. The fraction of sp³-hybridized carbons (Fsp3) is 0.0833. The molecule has 1 amide bonds. The third kappa shape index (κ3) is 2.49. The molecule has 1 N–H and O–H groups in total. The summed E-state index contributed by atoms with van der Waals surface area (Å²) in [6, 6.07) is 7.04. The van der Waals surface area contributed by atoms with Crippen molar-refractivity contribution >= 4 is 11.6 Å². The summed E-state index contributed by atoms with van der Waals surface area (Å²) < 4.78 is 1.47. The van der Waals surface area contributed by atoms with E-state index in [1.807, 2.05) is 0 Å². The normalized spacial score (nSPS) is 9.65. The Morgan fingerprint density at radius 2 is 2.35 bits per heavy atom. The Kier molecular flexibility index (Phi) is 2.88. The van der Waals surface area contributed by atoms with Gasteiger partial charge in [-0.2, -0.15) is 0 Å². The molecular weight excluding hydrogens is 216 g/mol. The summed E-state index contributed by atoms with van der Waals surface area (Å²) in [5, 5.41) is 10.1. The van der Waals surface area contributed by atoms with Crippen LogP contribution in [0.2, 0.25) is 0 Å². The molecule has 5 heteroatoms. The Hall–Kier alpha value is -2.61. The van der Waals surface area contributed by atoms with Gasteiger partial charge in [0.05, 0.1) is 6.20 Å². The van der Waals surface area contributed by atoms with Crippen LogP contribution in [-0.4, -0.2) is 20.9 Å². The van der Waals surface area contributed by atoms with Crippen molar-refractivity contribution in [1.82, 2.24) is 15.0 Å². The Morgan fingerprint density at radius 3 is 3.00 bits per heavy atom. The molecule has 17 heavy (non-hydrogen) atoms. The number of carbonyl (C=O) groups is 1. The van der Waals surface area contributed by atoms with Gasteiger partial charge in [-0.05, 0) is 18.2 Å². The van der Waals surface area contributed by atoms with Crippen molar-refractivity contribution in [2.24, 2.45) is 7.05 Å². The van der Waals surface area contributed by atoms with Crippen molar-refractivity contribution in [2.45, 2.75) is 0 Å². The smallest absolute Gasteiger partial charge is 0.277 e. The lowest BCUT2D eigenvalue weighted by Gasteiger charge is -2.02. The van der Waals surface area contributed by atoms with Gasteiger partial charge in [0.1, 0.15) is 0 Å². The molecule has 0 bridgehead atoms. The van der Waals surface area contributed by atoms with Gasteiger partial charge >= 0.3 is 0 Å². The monoisotopic (exact) mass is 226 g/mol. The predicted octanol–water partition coefficient (Wildman–Crippen LogP) is 1.05. The zero-order valence-corrected chi connectivity index (χ0v) is 9.21. The molecule has 1 aromatic heterocycles. The molecule has 2 aromatic rings. The van der Waals surface area contributed by atoms with E-state index in [-0.39, 0.29) is 11.6 Å². The van der Waals surface area contributed by atoms with Gasteiger partial charge in [-0.3, -0.25) is 9.48 Å². The molecule has 1 aromatic carbocycles. The van der Waals surface area contributed by atoms with Crippen LogP contribution in [0, 0.1) is 12.3 Å². The van der Waals surface area contributed by atoms with Gasteiger partial charge in [0.25, 0.3) is 5.91 Å². The van der Waals surface area contributed by atoms with E-state index in [2.05, 4.69) is 21.5 Å². The number of carbonyl (C=O) groups excluding carboxylic acids is 1. The molecule has 0 saturated heterocycles. The van der Waals surface area contributed by atoms with Gasteiger partial charge in [0.15, 0.2) is 5.69 Å². The van der Waals surface area contributed by atoms with Crippen LogP contribution in [0.15, 0.2) is 30.5 Å². The minimum absolute atomic E-state index is 0.263. The third-order valence-electron chi connectivity index (χ3n) is 2.12. The lowest BCUT2D eigenvalue weighted by Crippen LogP contribution is -2.12. The molecular formula is C12H10N4O. The van der Waals surface area contributed by atoms with Crippen LogP contribution in [-0.2, 0) is 7.05 Å².